The van der Waals surface area contributed by atoms with Crippen LogP contribution in [0.1, 0.15) is 11.1 Å². The SMILES string of the molecule is Cc1cccc(N(OC(F)(F)F)c2ccccc2)c1C. The van der Waals surface area contributed by atoms with Gasteiger partial charge in [-0.1, -0.05) is 30.3 Å². The molecule has 0 unspecified atom stereocenters. The van der Waals surface area contributed by atoms with Crippen LogP contribution in [0.15, 0.2) is 48.5 Å². The van der Waals surface area contributed by atoms with E-state index in [-0.39, 0.29) is 0 Å². The highest BCUT2D eigenvalue weighted by atomic mass is 19.4. The van der Waals surface area contributed by atoms with Gasteiger partial charge in [0.25, 0.3) is 0 Å². The number of alkyl halides is 3. The molecule has 0 saturated heterocycles. The number of rotatable bonds is 3. The number of hydrogen-bond acceptors (Lipinski definition) is 2. The molecule has 5 heteroatoms. The van der Waals surface area contributed by atoms with E-state index in [4.69, 9.17) is 0 Å². The lowest BCUT2D eigenvalue weighted by atomic mass is 10.1. The third kappa shape index (κ3) is 3.30. The number of benzene rings is 2. The van der Waals surface area contributed by atoms with Crippen molar-refractivity contribution in [2.45, 2.75) is 20.2 Å². The summed E-state index contributed by atoms with van der Waals surface area (Å²) < 4.78 is 37.9. The van der Waals surface area contributed by atoms with Gasteiger partial charge in [0.05, 0.1) is 11.4 Å². The van der Waals surface area contributed by atoms with Crippen LogP contribution >= 0.6 is 0 Å². The van der Waals surface area contributed by atoms with Gasteiger partial charge in [0.1, 0.15) is 0 Å². The Morgan fingerprint density at radius 2 is 1.55 bits per heavy atom. The lowest BCUT2D eigenvalue weighted by Crippen LogP contribution is -2.28. The van der Waals surface area contributed by atoms with Gasteiger partial charge in [-0.15, -0.1) is 13.2 Å². The molecule has 20 heavy (non-hydrogen) atoms. The van der Waals surface area contributed by atoms with Crippen molar-refractivity contribution >= 4 is 11.4 Å². The maximum atomic E-state index is 12.6. The number of halogens is 3. The average Bonchev–Trinajstić information content (AvgIpc) is 2.40. The molecule has 0 aliphatic carbocycles. The predicted octanol–water partition coefficient (Wildman–Crippen LogP) is 4.89. The van der Waals surface area contributed by atoms with E-state index in [0.29, 0.717) is 11.4 Å². The summed E-state index contributed by atoms with van der Waals surface area (Å²) in [6.07, 6.45) is -4.76. The molecule has 0 N–H and O–H groups in total. The minimum Gasteiger partial charge on any atom is -0.213 e. The molecule has 0 amide bonds. The zero-order valence-electron chi connectivity index (χ0n) is 11.1. The number of para-hydroxylation sites is 1. The fourth-order valence-electron chi connectivity index (χ4n) is 1.86. The Morgan fingerprint density at radius 1 is 0.900 bits per heavy atom. The van der Waals surface area contributed by atoms with Gasteiger partial charge in [0.15, 0.2) is 0 Å². The molecule has 0 aliphatic heterocycles. The largest absolute Gasteiger partial charge is 0.544 e. The van der Waals surface area contributed by atoms with Crippen molar-refractivity contribution in [2.75, 3.05) is 5.06 Å². The molecule has 0 heterocycles. The average molecular weight is 281 g/mol. The van der Waals surface area contributed by atoms with E-state index < -0.39 is 6.36 Å². The monoisotopic (exact) mass is 281 g/mol. The first-order chi connectivity index (χ1) is 9.38. The normalized spacial score (nSPS) is 11.4. The Kier molecular flexibility index (Phi) is 3.99. The predicted molar refractivity (Wildman–Crippen MR) is 71.6 cm³/mol. The smallest absolute Gasteiger partial charge is 0.213 e. The standard InChI is InChI=1S/C15H14F3NO/c1-11-7-6-10-14(12(11)2)19(20-15(16,17)18)13-8-4-3-5-9-13/h3-10H,1-2H3. The minimum absolute atomic E-state index is 0.318. The van der Waals surface area contributed by atoms with E-state index in [2.05, 4.69) is 4.84 Å². The Labute approximate surface area is 115 Å². The van der Waals surface area contributed by atoms with Crippen LogP contribution in [0.3, 0.4) is 0 Å². The van der Waals surface area contributed by atoms with Crippen LogP contribution in [-0.4, -0.2) is 6.36 Å². The number of anilines is 2. The molecule has 2 nitrogen and oxygen atoms in total. The summed E-state index contributed by atoms with van der Waals surface area (Å²) >= 11 is 0. The van der Waals surface area contributed by atoms with Gasteiger partial charge in [-0.2, -0.15) is 4.84 Å². The maximum absolute atomic E-state index is 12.6. The highest BCUT2D eigenvalue weighted by Crippen LogP contribution is 2.33. The van der Waals surface area contributed by atoms with Gasteiger partial charge in [0, 0.05) is 0 Å². The fraction of sp³-hybridized carbons (Fsp3) is 0.200. The molecule has 0 bridgehead atoms. The molecular weight excluding hydrogens is 267 g/mol. The van der Waals surface area contributed by atoms with Crippen LogP contribution in [0.5, 0.6) is 0 Å². The highest BCUT2D eigenvalue weighted by Gasteiger charge is 2.35. The lowest BCUT2D eigenvalue weighted by molar-refractivity contribution is -0.325. The molecule has 0 spiro atoms. The van der Waals surface area contributed by atoms with Crippen LogP contribution < -0.4 is 5.06 Å². The first kappa shape index (κ1) is 14.4. The summed E-state index contributed by atoms with van der Waals surface area (Å²) in [7, 11) is 0. The van der Waals surface area contributed by atoms with Crippen molar-refractivity contribution < 1.29 is 18.0 Å². The zero-order valence-corrected chi connectivity index (χ0v) is 11.1. The Morgan fingerprint density at radius 3 is 2.15 bits per heavy atom. The third-order valence-corrected chi connectivity index (χ3v) is 2.98. The summed E-state index contributed by atoms with van der Waals surface area (Å²) in [5.41, 5.74) is 2.32. The molecule has 0 atom stereocenters. The Bertz CT molecular complexity index is 581. The van der Waals surface area contributed by atoms with E-state index in [1.54, 1.807) is 49.4 Å². The van der Waals surface area contributed by atoms with Crippen molar-refractivity contribution in [3.05, 3.63) is 59.7 Å². The van der Waals surface area contributed by atoms with Crippen LogP contribution in [-0.2, 0) is 4.84 Å². The van der Waals surface area contributed by atoms with Crippen LogP contribution in [0.25, 0.3) is 0 Å². The van der Waals surface area contributed by atoms with E-state index >= 15 is 0 Å². The number of nitrogens with zero attached hydrogens (tertiary/aromatic N) is 1. The van der Waals surface area contributed by atoms with Gasteiger partial charge in [0.2, 0.25) is 0 Å². The number of aryl methyl sites for hydroxylation is 1. The molecule has 2 aromatic carbocycles. The molecule has 106 valence electrons. The summed E-state index contributed by atoms with van der Waals surface area (Å²) in [5.74, 6) is 0. The third-order valence-electron chi connectivity index (χ3n) is 2.98. The first-order valence-corrected chi connectivity index (χ1v) is 6.06. The minimum atomic E-state index is -4.76. The summed E-state index contributed by atoms with van der Waals surface area (Å²) in [4.78, 5) is 4.18. The van der Waals surface area contributed by atoms with Crippen LogP contribution in [0.2, 0.25) is 0 Å². The van der Waals surface area contributed by atoms with E-state index in [1.807, 2.05) is 13.0 Å². The van der Waals surface area contributed by atoms with Gasteiger partial charge in [-0.25, -0.2) is 5.06 Å². The summed E-state index contributed by atoms with van der Waals surface area (Å²) in [6.45, 7) is 3.61. The second kappa shape index (κ2) is 5.54. The maximum Gasteiger partial charge on any atom is 0.544 e. The van der Waals surface area contributed by atoms with E-state index in [0.717, 1.165) is 16.2 Å². The second-order valence-corrected chi connectivity index (χ2v) is 4.39. The topological polar surface area (TPSA) is 12.5 Å². The lowest BCUT2D eigenvalue weighted by Gasteiger charge is -2.26. The Balaban J connectivity index is 2.49. The van der Waals surface area contributed by atoms with Crippen molar-refractivity contribution in [1.29, 1.82) is 0 Å². The van der Waals surface area contributed by atoms with Gasteiger partial charge >= 0.3 is 6.36 Å². The summed E-state index contributed by atoms with van der Waals surface area (Å²) in [5, 5.41) is 0.808. The molecular formula is C15H14F3NO. The fourth-order valence-corrected chi connectivity index (χ4v) is 1.86. The first-order valence-electron chi connectivity index (χ1n) is 6.06. The Hall–Kier alpha value is -2.01. The van der Waals surface area contributed by atoms with Crippen LogP contribution in [0, 0.1) is 13.8 Å². The van der Waals surface area contributed by atoms with Gasteiger partial charge < -0.3 is 0 Å². The van der Waals surface area contributed by atoms with E-state index in [1.165, 1.54) is 0 Å². The van der Waals surface area contributed by atoms with Crippen molar-refractivity contribution in [2.24, 2.45) is 0 Å². The second-order valence-electron chi connectivity index (χ2n) is 4.39. The molecule has 0 aliphatic rings. The van der Waals surface area contributed by atoms with Crippen molar-refractivity contribution in [1.82, 2.24) is 0 Å². The molecule has 2 aromatic rings. The van der Waals surface area contributed by atoms with E-state index in [9.17, 15) is 13.2 Å². The number of hydrogen-bond donors (Lipinski definition) is 0. The van der Waals surface area contributed by atoms with Crippen molar-refractivity contribution in [3.8, 4) is 0 Å². The molecule has 0 aromatic heterocycles. The molecule has 0 fully saturated rings. The van der Waals surface area contributed by atoms with Crippen LogP contribution in [0.4, 0.5) is 24.5 Å². The quantitative estimate of drug-likeness (QED) is 0.742. The zero-order chi connectivity index (χ0) is 14.8. The van der Waals surface area contributed by atoms with Crippen molar-refractivity contribution in [3.63, 3.8) is 0 Å². The highest BCUT2D eigenvalue weighted by molar-refractivity contribution is 5.65. The van der Waals surface area contributed by atoms with Gasteiger partial charge in [-0.05, 0) is 43.2 Å². The molecule has 0 radical (unpaired) electrons. The molecule has 0 saturated carbocycles. The molecule has 2 rings (SSSR count). The summed E-state index contributed by atoms with van der Waals surface area (Å²) in [6, 6.07) is 13.3. The van der Waals surface area contributed by atoms with Gasteiger partial charge in [-0.3, -0.25) is 0 Å².